The zero-order valence-electron chi connectivity index (χ0n) is 9.37. The first-order valence-corrected chi connectivity index (χ1v) is 5.83. The number of rotatable bonds is 4. The van der Waals surface area contributed by atoms with Gasteiger partial charge >= 0.3 is 6.09 Å². The quantitative estimate of drug-likeness (QED) is 0.703. The topological polar surface area (TPSA) is 58.6 Å². The zero-order valence-corrected chi connectivity index (χ0v) is 9.37. The Balaban J connectivity index is 2.13. The van der Waals surface area contributed by atoms with Gasteiger partial charge in [0.2, 0.25) is 0 Å². The molecule has 1 rings (SSSR count). The molecule has 4 heteroatoms. The van der Waals surface area contributed by atoms with Gasteiger partial charge in [-0.05, 0) is 32.1 Å². The van der Waals surface area contributed by atoms with Crippen molar-refractivity contribution in [3.8, 4) is 0 Å². The minimum absolute atomic E-state index is 0.0860. The maximum absolute atomic E-state index is 11.3. The van der Waals surface area contributed by atoms with Gasteiger partial charge in [-0.2, -0.15) is 0 Å². The Morgan fingerprint density at radius 2 is 2.33 bits per heavy atom. The molecule has 1 fully saturated rings. The maximum atomic E-state index is 11.3. The average molecular weight is 215 g/mol. The smallest absolute Gasteiger partial charge is 0.407 e. The lowest BCUT2D eigenvalue weighted by Gasteiger charge is -2.26. The van der Waals surface area contributed by atoms with Crippen LogP contribution in [0.25, 0.3) is 0 Å². The zero-order chi connectivity index (χ0) is 11.1. The molecule has 1 saturated carbocycles. The van der Waals surface area contributed by atoms with Crippen LogP contribution in [0.4, 0.5) is 4.79 Å². The van der Waals surface area contributed by atoms with Gasteiger partial charge < -0.3 is 15.2 Å². The van der Waals surface area contributed by atoms with Gasteiger partial charge in [0.05, 0.1) is 12.7 Å². The number of alkyl carbamates (subject to hydrolysis) is 1. The molecule has 88 valence electrons. The standard InChI is InChI=1S/C11H21NO3/c1-2-3-7-15-11(14)12-9-5-4-6-10(13)8-9/h9-10,13H,2-8H2,1H3,(H,12,14)/t9-,10+/m0/s1. The van der Waals surface area contributed by atoms with Crippen molar-refractivity contribution < 1.29 is 14.6 Å². The molecule has 1 aliphatic rings. The van der Waals surface area contributed by atoms with Crippen LogP contribution in [0.15, 0.2) is 0 Å². The van der Waals surface area contributed by atoms with Gasteiger partial charge in [0.25, 0.3) is 0 Å². The number of hydrogen-bond donors (Lipinski definition) is 2. The first-order valence-electron chi connectivity index (χ1n) is 5.83. The van der Waals surface area contributed by atoms with E-state index in [0.717, 1.165) is 32.1 Å². The van der Waals surface area contributed by atoms with Gasteiger partial charge in [0.15, 0.2) is 0 Å². The minimum Gasteiger partial charge on any atom is -0.450 e. The molecule has 4 nitrogen and oxygen atoms in total. The number of carbonyl (C=O) groups is 1. The minimum atomic E-state index is -0.345. The fraction of sp³-hybridized carbons (Fsp3) is 0.909. The summed E-state index contributed by atoms with van der Waals surface area (Å²) >= 11 is 0. The van der Waals surface area contributed by atoms with E-state index >= 15 is 0 Å². The van der Waals surface area contributed by atoms with Gasteiger partial charge in [0.1, 0.15) is 0 Å². The third-order valence-corrected chi connectivity index (χ3v) is 2.70. The average Bonchev–Trinajstić information content (AvgIpc) is 2.18. The lowest BCUT2D eigenvalue weighted by atomic mass is 9.93. The summed E-state index contributed by atoms with van der Waals surface area (Å²) < 4.78 is 4.99. The highest BCUT2D eigenvalue weighted by atomic mass is 16.5. The van der Waals surface area contributed by atoms with E-state index in [0.29, 0.717) is 13.0 Å². The lowest BCUT2D eigenvalue weighted by molar-refractivity contribution is 0.101. The van der Waals surface area contributed by atoms with Crippen LogP contribution in [0.2, 0.25) is 0 Å². The maximum Gasteiger partial charge on any atom is 0.407 e. The largest absolute Gasteiger partial charge is 0.450 e. The first kappa shape index (κ1) is 12.3. The number of carbonyl (C=O) groups excluding carboxylic acids is 1. The molecule has 0 spiro atoms. The Morgan fingerprint density at radius 1 is 1.53 bits per heavy atom. The van der Waals surface area contributed by atoms with Crippen molar-refractivity contribution in [1.29, 1.82) is 0 Å². The molecular formula is C11H21NO3. The second-order valence-corrected chi connectivity index (χ2v) is 4.15. The van der Waals surface area contributed by atoms with E-state index in [1.807, 2.05) is 0 Å². The number of nitrogens with one attached hydrogen (secondary N) is 1. The fourth-order valence-electron chi connectivity index (χ4n) is 1.81. The number of unbranched alkanes of at least 4 members (excludes halogenated alkanes) is 1. The molecule has 0 aromatic carbocycles. The summed E-state index contributed by atoms with van der Waals surface area (Å²) in [6.45, 7) is 2.54. The van der Waals surface area contributed by atoms with Gasteiger partial charge in [-0.3, -0.25) is 0 Å². The number of aliphatic hydroxyl groups is 1. The van der Waals surface area contributed by atoms with Crippen LogP contribution in [0.3, 0.4) is 0 Å². The number of ether oxygens (including phenoxy) is 1. The molecule has 1 aliphatic carbocycles. The molecule has 0 saturated heterocycles. The van der Waals surface area contributed by atoms with Crippen molar-refractivity contribution in [2.45, 2.75) is 57.6 Å². The van der Waals surface area contributed by atoms with Crippen LogP contribution in [0.1, 0.15) is 45.4 Å². The van der Waals surface area contributed by atoms with Gasteiger partial charge in [-0.1, -0.05) is 13.3 Å². The molecule has 2 atom stereocenters. The molecule has 0 unspecified atom stereocenters. The second-order valence-electron chi connectivity index (χ2n) is 4.15. The van der Waals surface area contributed by atoms with E-state index in [9.17, 15) is 9.90 Å². The van der Waals surface area contributed by atoms with E-state index in [-0.39, 0.29) is 18.2 Å². The number of amides is 1. The molecule has 0 radical (unpaired) electrons. The molecule has 0 aromatic heterocycles. The summed E-state index contributed by atoms with van der Waals surface area (Å²) in [6.07, 6.45) is 4.74. The van der Waals surface area contributed by atoms with Crippen molar-refractivity contribution in [2.75, 3.05) is 6.61 Å². The van der Waals surface area contributed by atoms with Crippen LogP contribution in [-0.2, 0) is 4.74 Å². The molecule has 0 bridgehead atoms. The van der Waals surface area contributed by atoms with E-state index < -0.39 is 0 Å². The van der Waals surface area contributed by atoms with E-state index in [4.69, 9.17) is 4.74 Å². The summed E-state index contributed by atoms with van der Waals surface area (Å²) in [7, 11) is 0. The van der Waals surface area contributed by atoms with Gasteiger partial charge in [-0.15, -0.1) is 0 Å². The molecule has 0 heterocycles. The Kier molecular flexibility index (Phi) is 5.47. The lowest BCUT2D eigenvalue weighted by Crippen LogP contribution is -2.40. The van der Waals surface area contributed by atoms with Crippen LogP contribution in [0, 0.1) is 0 Å². The normalized spacial score (nSPS) is 26.0. The van der Waals surface area contributed by atoms with Crippen molar-refractivity contribution in [3.63, 3.8) is 0 Å². The van der Waals surface area contributed by atoms with Crippen molar-refractivity contribution in [1.82, 2.24) is 5.32 Å². The molecule has 15 heavy (non-hydrogen) atoms. The molecule has 1 amide bonds. The van der Waals surface area contributed by atoms with Gasteiger partial charge in [0, 0.05) is 6.04 Å². The van der Waals surface area contributed by atoms with Crippen LogP contribution >= 0.6 is 0 Å². The van der Waals surface area contributed by atoms with Gasteiger partial charge in [-0.25, -0.2) is 4.79 Å². The van der Waals surface area contributed by atoms with Crippen molar-refractivity contribution >= 4 is 6.09 Å². The van der Waals surface area contributed by atoms with Crippen LogP contribution < -0.4 is 5.32 Å². The molecule has 0 aromatic rings. The Hall–Kier alpha value is -0.770. The monoisotopic (exact) mass is 215 g/mol. The number of hydrogen-bond acceptors (Lipinski definition) is 3. The third-order valence-electron chi connectivity index (χ3n) is 2.70. The third kappa shape index (κ3) is 5.02. The highest BCUT2D eigenvalue weighted by molar-refractivity contribution is 5.67. The predicted octanol–water partition coefficient (Wildman–Crippen LogP) is 1.82. The van der Waals surface area contributed by atoms with Crippen molar-refractivity contribution in [3.05, 3.63) is 0 Å². The van der Waals surface area contributed by atoms with Crippen LogP contribution in [0.5, 0.6) is 0 Å². The summed E-state index contributed by atoms with van der Waals surface area (Å²) in [4.78, 5) is 11.3. The van der Waals surface area contributed by atoms with E-state index in [1.54, 1.807) is 0 Å². The number of aliphatic hydroxyl groups excluding tert-OH is 1. The first-order chi connectivity index (χ1) is 7.22. The molecule has 2 N–H and O–H groups in total. The van der Waals surface area contributed by atoms with Crippen LogP contribution in [-0.4, -0.2) is 30.0 Å². The molecule has 0 aliphatic heterocycles. The fourth-order valence-corrected chi connectivity index (χ4v) is 1.81. The highest BCUT2D eigenvalue weighted by Gasteiger charge is 2.21. The summed E-state index contributed by atoms with van der Waals surface area (Å²) in [5.74, 6) is 0. The molecular weight excluding hydrogens is 194 g/mol. The van der Waals surface area contributed by atoms with E-state index in [1.165, 1.54) is 0 Å². The summed E-state index contributed by atoms with van der Waals surface area (Å²) in [6, 6.07) is 0.0860. The Labute approximate surface area is 91.0 Å². The summed E-state index contributed by atoms with van der Waals surface area (Å²) in [5, 5.41) is 12.2. The summed E-state index contributed by atoms with van der Waals surface area (Å²) in [5.41, 5.74) is 0. The van der Waals surface area contributed by atoms with Crippen molar-refractivity contribution in [2.24, 2.45) is 0 Å². The predicted molar refractivity (Wildman–Crippen MR) is 57.7 cm³/mol. The Bertz CT molecular complexity index is 196. The van der Waals surface area contributed by atoms with E-state index in [2.05, 4.69) is 12.2 Å². The highest BCUT2D eigenvalue weighted by Crippen LogP contribution is 2.18. The SMILES string of the molecule is CCCCOC(=O)N[C@H]1CCC[C@@H](O)C1. The second kappa shape index (κ2) is 6.67. The Morgan fingerprint density at radius 3 is 3.00 bits per heavy atom.